The summed E-state index contributed by atoms with van der Waals surface area (Å²) in [5, 5.41) is 18.0. The molecule has 0 fully saturated rings. The van der Waals surface area contributed by atoms with Gasteiger partial charge in [0.2, 0.25) is 0 Å². The van der Waals surface area contributed by atoms with E-state index in [1.807, 2.05) is 0 Å². The number of aliphatic hydroxyl groups is 1. The second-order valence-corrected chi connectivity index (χ2v) is 2.32. The van der Waals surface area contributed by atoms with Crippen LogP contribution in [0.25, 0.3) is 0 Å². The Hall–Kier alpha value is -1.75. The van der Waals surface area contributed by atoms with E-state index in [2.05, 4.69) is 4.98 Å². The van der Waals surface area contributed by atoms with Crippen molar-refractivity contribution < 1.29 is 19.8 Å². The Morgan fingerprint density at radius 1 is 1.38 bits per heavy atom. The van der Waals surface area contributed by atoms with Gasteiger partial charge in [-0.15, -0.1) is 0 Å². The number of aromatic hydroxyl groups is 1. The summed E-state index contributed by atoms with van der Waals surface area (Å²) in [6.07, 6.45) is 1.88. The molecule has 2 N–H and O–H groups in total. The van der Waals surface area contributed by atoms with Crippen molar-refractivity contribution >= 4 is 12.6 Å². The number of hydrogen-bond acceptors (Lipinski definition) is 5. The quantitative estimate of drug-likeness (QED) is 0.636. The van der Waals surface area contributed by atoms with Gasteiger partial charge in [-0.3, -0.25) is 9.59 Å². The van der Waals surface area contributed by atoms with Crippen LogP contribution in [0.1, 0.15) is 26.4 Å². The molecule has 1 heterocycles. The largest absolute Gasteiger partial charge is 0.505 e. The monoisotopic (exact) mass is 181 g/mol. The van der Waals surface area contributed by atoms with Crippen LogP contribution in [-0.4, -0.2) is 27.8 Å². The molecule has 0 aliphatic rings. The predicted molar refractivity (Wildman–Crippen MR) is 42.6 cm³/mol. The standard InChI is InChI=1S/C8H7NO4/c10-2-5-1-9-7(4-12)8(13)6(5)3-11/h1,3-4,10,13H,2H2. The molecular weight excluding hydrogens is 174 g/mol. The van der Waals surface area contributed by atoms with Gasteiger partial charge in [-0.1, -0.05) is 0 Å². The maximum Gasteiger partial charge on any atom is 0.172 e. The SMILES string of the molecule is O=Cc1ncc(CO)c(C=O)c1O. The lowest BCUT2D eigenvalue weighted by atomic mass is 10.1. The number of hydrogen-bond donors (Lipinski definition) is 2. The molecule has 0 radical (unpaired) electrons. The molecule has 5 nitrogen and oxygen atoms in total. The summed E-state index contributed by atoms with van der Waals surface area (Å²) in [7, 11) is 0. The van der Waals surface area contributed by atoms with Crippen molar-refractivity contribution in [2.24, 2.45) is 0 Å². The van der Waals surface area contributed by atoms with Gasteiger partial charge >= 0.3 is 0 Å². The van der Waals surface area contributed by atoms with Crippen LogP contribution >= 0.6 is 0 Å². The van der Waals surface area contributed by atoms with E-state index < -0.39 is 12.4 Å². The fraction of sp³-hybridized carbons (Fsp3) is 0.125. The fourth-order valence-electron chi connectivity index (χ4n) is 0.912. The highest BCUT2D eigenvalue weighted by Gasteiger charge is 2.11. The topological polar surface area (TPSA) is 87.5 Å². The molecule has 1 rings (SSSR count). The first-order chi connectivity index (χ1) is 6.24. The number of rotatable bonds is 3. The lowest BCUT2D eigenvalue weighted by Gasteiger charge is -2.03. The van der Waals surface area contributed by atoms with Crippen LogP contribution in [0.3, 0.4) is 0 Å². The van der Waals surface area contributed by atoms with Crippen molar-refractivity contribution in [1.29, 1.82) is 0 Å². The average molecular weight is 181 g/mol. The molecule has 1 aromatic heterocycles. The molecule has 0 spiro atoms. The van der Waals surface area contributed by atoms with Gasteiger partial charge in [0, 0.05) is 11.8 Å². The number of carbonyl (C=O) groups is 2. The van der Waals surface area contributed by atoms with E-state index in [1.165, 1.54) is 6.20 Å². The van der Waals surface area contributed by atoms with E-state index in [-0.39, 0.29) is 16.8 Å². The molecule has 0 bridgehead atoms. The van der Waals surface area contributed by atoms with Crippen LogP contribution in [-0.2, 0) is 6.61 Å². The molecular formula is C8H7NO4. The van der Waals surface area contributed by atoms with Crippen LogP contribution in [0.5, 0.6) is 5.75 Å². The number of aliphatic hydroxyl groups excluding tert-OH is 1. The highest BCUT2D eigenvalue weighted by Crippen LogP contribution is 2.20. The number of aromatic nitrogens is 1. The molecule has 0 aliphatic heterocycles. The van der Waals surface area contributed by atoms with Crippen molar-refractivity contribution in [2.75, 3.05) is 0 Å². The lowest BCUT2D eigenvalue weighted by molar-refractivity contribution is 0.111. The highest BCUT2D eigenvalue weighted by molar-refractivity contribution is 5.87. The zero-order chi connectivity index (χ0) is 9.84. The molecule has 0 atom stereocenters. The predicted octanol–water partition coefficient (Wildman–Crippen LogP) is -0.0955. The van der Waals surface area contributed by atoms with Gasteiger partial charge in [0.1, 0.15) is 5.69 Å². The van der Waals surface area contributed by atoms with E-state index in [4.69, 9.17) is 5.11 Å². The van der Waals surface area contributed by atoms with Gasteiger partial charge in [-0.05, 0) is 0 Å². The molecule has 0 saturated heterocycles. The molecule has 1 aromatic rings. The maximum atomic E-state index is 10.5. The molecule has 0 aromatic carbocycles. The first-order valence-corrected chi connectivity index (χ1v) is 3.46. The summed E-state index contributed by atoms with van der Waals surface area (Å²) in [6, 6.07) is 0. The Bertz CT molecular complexity index is 348. The molecule has 0 saturated carbocycles. The third-order valence-electron chi connectivity index (χ3n) is 1.60. The Balaban J connectivity index is 3.39. The first kappa shape index (κ1) is 9.34. The summed E-state index contributed by atoms with van der Waals surface area (Å²) < 4.78 is 0. The Morgan fingerprint density at radius 3 is 2.54 bits per heavy atom. The molecule has 0 aliphatic carbocycles. The number of aldehydes is 2. The Morgan fingerprint density at radius 2 is 2.08 bits per heavy atom. The molecule has 0 amide bonds. The van der Waals surface area contributed by atoms with Gasteiger partial charge < -0.3 is 10.2 Å². The second kappa shape index (κ2) is 3.77. The van der Waals surface area contributed by atoms with Crippen LogP contribution in [0.2, 0.25) is 0 Å². The zero-order valence-electron chi connectivity index (χ0n) is 6.60. The minimum atomic E-state index is -0.489. The molecule has 68 valence electrons. The Labute approximate surface area is 73.7 Å². The van der Waals surface area contributed by atoms with E-state index in [9.17, 15) is 14.7 Å². The average Bonchev–Trinajstić information content (AvgIpc) is 2.17. The lowest BCUT2D eigenvalue weighted by Crippen LogP contribution is -1.99. The van der Waals surface area contributed by atoms with Crippen molar-refractivity contribution in [2.45, 2.75) is 6.61 Å². The summed E-state index contributed by atoms with van der Waals surface area (Å²) in [5.41, 5.74) is -0.114. The Kier molecular flexibility index (Phi) is 2.71. The summed E-state index contributed by atoms with van der Waals surface area (Å²) in [6.45, 7) is -0.409. The third kappa shape index (κ3) is 1.54. The number of nitrogens with zero attached hydrogens (tertiary/aromatic N) is 1. The zero-order valence-corrected chi connectivity index (χ0v) is 6.60. The molecule has 5 heteroatoms. The normalized spacial score (nSPS) is 9.62. The van der Waals surface area contributed by atoms with E-state index in [0.29, 0.717) is 12.6 Å². The van der Waals surface area contributed by atoms with Gasteiger partial charge in [-0.25, -0.2) is 4.98 Å². The van der Waals surface area contributed by atoms with Crippen LogP contribution in [0.4, 0.5) is 0 Å². The number of pyridine rings is 1. The van der Waals surface area contributed by atoms with Crippen LogP contribution in [0.15, 0.2) is 6.20 Å². The van der Waals surface area contributed by atoms with Gasteiger partial charge in [0.05, 0.1) is 12.2 Å². The number of carbonyl (C=O) groups excluding carboxylic acids is 2. The van der Waals surface area contributed by atoms with E-state index in [1.54, 1.807) is 0 Å². The maximum absolute atomic E-state index is 10.5. The van der Waals surface area contributed by atoms with Gasteiger partial charge in [-0.2, -0.15) is 0 Å². The minimum absolute atomic E-state index is 0.0976. The first-order valence-electron chi connectivity index (χ1n) is 3.46. The van der Waals surface area contributed by atoms with Gasteiger partial charge in [0.25, 0.3) is 0 Å². The van der Waals surface area contributed by atoms with Crippen molar-refractivity contribution in [3.63, 3.8) is 0 Å². The third-order valence-corrected chi connectivity index (χ3v) is 1.60. The van der Waals surface area contributed by atoms with E-state index >= 15 is 0 Å². The van der Waals surface area contributed by atoms with Crippen LogP contribution in [0, 0.1) is 0 Å². The van der Waals surface area contributed by atoms with E-state index in [0.717, 1.165) is 0 Å². The van der Waals surface area contributed by atoms with Gasteiger partial charge in [0.15, 0.2) is 18.3 Å². The second-order valence-electron chi connectivity index (χ2n) is 2.32. The summed E-state index contributed by atoms with van der Waals surface area (Å²) in [5.74, 6) is -0.489. The summed E-state index contributed by atoms with van der Waals surface area (Å²) in [4.78, 5) is 24.3. The van der Waals surface area contributed by atoms with Crippen molar-refractivity contribution in [3.8, 4) is 5.75 Å². The summed E-state index contributed by atoms with van der Waals surface area (Å²) >= 11 is 0. The smallest absolute Gasteiger partial charge is 0.172 e. The minimum Gasteiger partial charge on any atom is -0.505 e. The highest BCUT2D eigenvalue weighted by atomic mass is 16.3. The van der Waals surface area contributed by atoms with Crippen molar-refractivity contribution in [1.82, 2.24) is 4.98 Å². The van der Waals surface area contributed by atoms with Crippen LogP contribution < -0.4 is 0 Å². The van der Waals surface area contributed by atoms with Crippen molar-refractivity contribution in [3.05, 3.63) is 23.0 Å². The molecule has 13 heavy (non-hydrogen) atoms. The molecule has 0 unspecified atom stereocenters. The fourth-order valence-corrected chi connectivity index (χ4v) is 0.912.